The number of amides is 1. The summed E-state index contributed by atoms with van der Waals surface area (Å²) >= 11 is 5.87. The third-order valence-electron chi connectivity index (χ3n) is 3.22. The van der Waals surface area contributed by atoms with Crippen molar-refractivity contribution in [3.63, 3.8) is 0 Å². The van der Waals surface area contributed by atoms with Crippen LogP contribution in [0.3, 0.4) is 0 Å². The van der Waals surface area contributed by atoms with Gasteiger partial charge in [-0.25, -0.2) is 8.78 Å². The average molecular weight is 289 g/mol. The summed E-state index contributed by atoms with van der Waals surface area (Å²) in [4.78, 5) is 11.7. The van der Waals surface area contributed by atoms with Gasteiger partial charge in [-0.3, -0.25) is 4.79 Å². The summed E-state index contributed by atoms with van der Waals surface area (Å²) in [5.41, 5.74) is 5.87. The molecule has 1 aliphatic rings. The molecule has 3 nitrogen and oxygen atoms in total. The molecule has 0 bridgehead atoms. The maximum atomic E-state index is 12.9. The molecule has 1 amide bonds. The van der Waals surface area contributed by atoms with Gasteiger partial charge in [-0.1, -0.05) is 23.7 Å². The first-order valence-corrected chi connectivity index (χ1v) is 6.42. The Kier molecular flexibility index (Phi) is 4.06. The zero-order valence-electron chi connectivity index (χ0n) is 10.2. The van der Waals surface area contributed by atoms with Crippen molar-refractivity contribution in [2.24, 2.45) is 11.7 Å². The minimum absolute atomic E-state index is 0.0743. The van der Waals surface area contributed by atoms with Gasteiger partial charge < -0.3 is 11.1 Å². The SMILES string of the molecule is NCC(F)(F)CNC(=O)C1CC1c1cccc(Cl)c1. The zero-order chi connectivity index (χ0) is 14.0. The first kappa shape index (κ1) is 14.2. The van der Waals surface area contributed by atoms with Crippen LogP contribution in [0.2, 0.25) is 5.02 Å². The number of rotatable bonds is 5. The number of hydrogen-bond acceptors (Lipinski definition) is 2. The van der Waals surface area contributed by atoms with Gasteiger partial charge in [0.2, 0.25) is 5.91 Å². The molecule has 104 valence electrons. The number of carbonyl (C=O) groups excluding carboxylic acids is 1. The molecule has 0 heterocycles. The fraction of sp³-hybridized carbons (Fsp3) is 0.462. The van der Waals surface area contributed by atoms with E-state index in [4.69, 9.17) is 17.3 Å². The van der Waals surface area contributed by atoms with Crippen molar-refractivity contribution in [2.45, 2.75) is 18.3 Å². The van der Waals surface area contributed by atoms with Gasteiger partial charge in [0.25, 0.3) is 5.92 Å². The van der Waals surface area contributed by atoms with Crippen LogP contribution in [0.25, 0.3) is 0 Å². The second kappa shape index (κ2) is 5.43. The van der Waals surface area contributed by atoms with Gasteiger partial charge in [0.1, 0.15) is 0 Å². The van der Waals surface area contributed by atoms with E-state index < -0.39 is 19.0 Å². The average Bonchev–Trinajstić information content (AvgIpc) is 3.16. The van der Waals surface area contributed by atoms with Crippen molar-refractivity contribution in [1.29, 1.82) is 0 Å². The molecule has 1 fully saturated rings. The predicted molar refractivity (Wildman–Crippen MR) is 69.3 cm³/mol. The largest absolute Gasteiger partial charge is 0.350 e. The number of benzene rings is 1. The van der Waals surface area contributed by atoms with Crippen molar-refractivity contribution >= 4 is 17.5 Å². The lowest BCUT2D eigenvalue weighted by atomic mass is 10.1. The molecule has 0 radical (unpaired) electrons. The van der Waals surface area contributed by atoms with E-state index in [9.17, 15) is 13.6 Å². The molecule has 1 aromatic carbocycles. The van der Waals surface area contributed by atoms with Crippen molar-refractivity contribution in [2.75, 3.05) is 13.1 Å². The minimum Gasteiger partial charge on any atom is -0.350 e. The molecule has 2 unspecified atom stereocenters. The fourth-order valence-corrected chi connectivity index (χ4v) is 2.21. The van der Waals surface area contributed by atoms with Gasteiger partial charge >= 0.3 is 0 Å². The lowest BCUT2D eigenvalue weighted by molar-refractivity contribution is -0.124. The van der Waals surface area contributed by atoms with Gasteiger partial charge in [-0.2, -0.15) is 0 Å². The number of hydrogen-bond donors (Lipinski definition) is 2. The second-order valence-corrected chi connectivity index (χ2v) is 5.22. The number of halogens is 3. The quantitative estimate of drug-likeness (QED) is 0.872. The van der Waals surface area contributed by atoms with Gasteiger partial charge in [-0.15, -0.1) is 0 Å². The van der Waals surface area contributed by atoms with Crippen LogP contribution in [0.1, 0.15) is 17.9 Å². The van der Waals surface area contributed by atoms with Crippen LogP contribution in [-0.2, 0) is 4.79 Å². The summed E-state index contributed by atoms with van der Waals surface area (Å²) in [6.07, 6.45) is 0.667. The summed E-state index contributed by atoms with van der Waals surface area (Å²) < 4.78 is 25.8. The molecule has 0 aliphatic heterocycles. The highest BCUT2D eigenvalue weighted by Gasteiger charge is 2.44. The summed E-state index contributed by atoms with van der Waals surface area (Å²) in [6.45, 7) is -1.48. The molecule has 3 N–H and O–H groups in total. The van der Waals surface area contributed by atoms with Crippen molar-refractivity contribution in [3.8, 4) is 0 Å². The number of alkyl halides is 2. The summed E-state index contributed by atoms with van der Waals surface area (Å²) in [6, 6.07) is 7.25. The Labute approximate surface area is 115 Å². The van der Waals surface area contributed by atoms with Crippen LogP contribution in [0, 0.1) is 5.92 Å². The monoisotopic (exact) mass is 288 g/mol. The van der Waals surface area contributed by atoms with Gasteiger partial charge in [0.05, 0.1) is 13.1 Å². The fourth-order valence-electron chi connectivity index (χ4n) is 2.01. The Morgan fingerprint density at radius 2 is 2.26 bits per heavy atom. The molecular formula is C13H15ClF2N2O. The van der Waals surface area contributed by atoms with Gasteiger partial charge in [0, 0.05) is 10.9 Å². The normalized spacial score (nSPS) is 22.1. The topological polar surface area (TPSA) is 55.1 Å². The smallest absolute Gasteiger partial charge is 0.277 e. The van der Waals surface area contributed by atoms with E-state index in [1.54, 1.807) is 12.1 Å². The minimum atomic E-state index is -3.05. The lowest BCUT2D eigenvalue weighted by Crippen LogP contribution is -2.42. The molecule has 1 aromatic rings. The van der Waals surface area contributed by atoms with Crippen LogP contribution >= 0.6 is 11.6 Å². The third-order valence-corrected chi connectivity index (χ3v) is 3.46. The molecule has 0 aromatic heterocycles. The number of carbonyl (C=O) groups is 1. The third kappa shape index (κ3) is 3.64. The molecule has 0 saturated heterocycles. The highest BCUT2D eigenvalue weighted by Crippen LogP contribution is 2.47. The predicted octanol–water partition coefficient (Wildman–Crippen LogP) is 2.15. The first-order chi connectivity index (χ1) is 8.93. The molecule has 0 spiro atoms. The molecule has 1 saturated carbocycles. The molecule has 19 heavy (non-hydrogen) atoms. The zero-order valence-corrected chi connectivity index (χ0v) is 11.0. The van der Waals surface area contributed by atoms with Crippen LogP contribution in [-0.4, -0.2) is 24.9 Å². The standard InChI is InChI=1S/C13H15ClF2N2O/c14-9-3-1-2-8(4-9)10-5-11(10)12(19)18-7-13(15,16)6-17/h1-4,10-11H,5-7,17H2,(H,18,19). The molecule has 1 aliphatic carbocycles. The lowest BCUT2D eigenvalue weighted by Gasteiger charge is -2.14. The molecule has 2 atom stereocenters. The number of nitrogens with two attached hydrogens (primary N) is 1. The highest BCUT2D eigenvalue weighted by atomic mass is 35.5. The van der Waals surface area contributed by atoms with Crippen LogP contribution < -0.4 is 11.1 Å². The number of nitrogens with one attached hydrogen (secondary N) is 1. The van der Waals surface area contributed by atoms with E-state index in [0.29, 0.717) is 11.4 Å². The van der Waals surface area contributed by atoms with Gasteiger partial charge in [0.15, 0.2) is 0 Å². The van der Waals surface area contributed by atoms with Crippen molar-refractivity contribution in [1.82, 2.24) is 5.32 Å². The van der Waals surface area contributed by atoms with Crippen LogP contribution in [0.15, 0.2) is 24.3 Å². The van der Waals surface area contributed by atoms with E-state index in [2.05, 4.69) is 5.32 Å². The van der Waals surface area contributed by atoms with Crippen LogP contribution in [0.5, 0.6) is 0 Å². The summed E-state index contributed by atoms with van der Waals surface area (Å²) in [7, 11) is 0. The maximum absolute atomic E-state index is 12.9. The van der Waals surface area contributed by atoms with E-state index in [-0.39, 0.29) is 17.7 Å². The van der Waals surface area contributed by atoms with E-state index in [1.807, 2.05) is 12.1 Å². The Morgan fingerprint density at radius 3 is 2.89 bits per heavy atom. The maximum Gasteiger partial charge on any atom is 0.277 e. The van der Waals surface area contributed by atoms with Crippen LogP contribution in [0.4, 0.5) is 8.78 Å². The Morgan fingerprint density at radius 1 is 1.53 bits per heavy atom. The highest BCUT2D eigenvalue weighted by molar-refractivity contribution is 6.30. The Hall–Kier alpha value is -1.20. The van der Waals surface area contributed by atoms with Gasteiger partial charge in [-0.05, 0) is 30.0 Å². The van der Waals surface area contributed by atoms with Crippen molar-refractivity contribution in [3.05, 3.63) is 34.9 Å². The van der Waals surface area contributed by atoms with E-state index >= 15 is 0 Å². The summed E-state index contributed by atoms with van der Waals surface area (Å²) in [5.74, 6) is -3.56. The molecule has 6 heteroatoms. The second-order valence-electron chi connectivity index (χ2n) is 4.78. The Bertz CT molecular complexity index is 481. The molecule has 2 rings (SSSR count). The van der Waals surface area contributed by atoms with E-state index in [1.165, 1.54) is 0 Å². The first-order valence-electron chi connectivity index (χ1n) is 6.04. The van der Waals surface area contributed by atoms with Crippen molar-refractivity contribution < 1.29 is 13.6 Å². The Balaban J connectivity index is 1.87. The molecular weight excluding hydrogens is 274 g/mol. The summed E-state index contributed by atoms with van der Waals surface area (Å²) in [5, 5.41) is 2.86. The van der Waals surface area contributed by atoms with E-state index in [0.717, 1.165) is 5.56 Å².